The zero-order chi connectivity index (χ0) is 22.0. The molecule has 0 saturated heterocycles. The van der Waals surface area contributed by atoms with E-state index >= 15 is 0 Å². The molecule has 1 atom stereocenters. The highest BCUT2D eigenvalue weighted by molar-refractivity contribution is 7.98. The van der Waals surface area contributed by atoms with Gasteiger partial charge in [-0.15, -0.1) is 0 Å². The van der Waals surface area contributed by atoms with Crippen LogP contribution in [-0.4, -0.2) is 30.1 Å². The van der Waals surface area contributed by atoms with E-state index in [1.54, 1.807) is 19.2 Å². The predicted octanol–water partition coefficient (Wildman–Crippen LogP) is 4.21. The van der Waals surface area contributed by atoms with Crippen LogP contribution in [0.3, 0.4) is 0 Å². The van der Waals surface area contributed by atoms with E-state index < -0.39 is 5.92 Å². The fourth-order valence-corrected chi connectivity index (χ4v) is 4.78. The van der Waals surface area contributed by atoms with Crippen LogP contribution in [0.5, 0.6) is 11.5 Å². The van der Waals surface area contributed by atoms with Gasteiger partial charge in [-0.05, 0) is 17.7 Å². The van der Waals surface area contributed by atoms with Crippen LogP contribution >= 0.6 is 23.4 Å². The Morgan fingerprint density at radius 2 is 1.94 bits per heavy atom. The van der Waals surface area contributed by atoms with Gasteiger partial charge in [-0.3, -0.25) is 9.59 Å². The van der Waals surface area contributed by atoms with Crippen LogP contribution in [0, 0.1) is 0 Å². The summed E-state index contributed by atoms with van der Waals surface area (Å²) in [6.07, 6.45) is 0.105. The molecule has 2 aromatic carbocycles. The number of aromatic amines is 1. The summed E-state index contributed by atoms with van der Waals surface area (Å²) in [6.45, 7) is 0. The van der Waals surface area contributed by atoms with E-state index in [1.807, 2.05) is 30.3 Å². The smallest absolute Gasteiger partial charge is 0.257 e. The van der Waals surface area contributed by atoms with Crippen LogP contribution in [-0.2, 0) is 10.5 Å². The van der Waals surface area contributed by atoms with Crippen molar-refractivity contribution in [3.8, 4) is 11.5 Å². The maximum Gasteiger partial charge on any atom is 0.257 e. The minimum Gasteiger partial charge on any atom is -0.493 e. The van der Waals surface area contributed by atoms with Crippen LogP contribution in [0.1, 0.15) is 29.0 Å². The number of hydrogen-bond acceptors (Lipinski definition) is 6. The summed E-state index contributed by atoms with van der Waals surface area (Å²) in [5.41, 5.74) is 1.72. The Bertz CT molecular complexity index is 1200. The summed E-state index contributed by atoms with van der Waals surface area (Å²) in [6, 6.07) is 12.9. The topological polar surface area (TPSA) is 93.3 Å². The second-order valence-corrected chi connectivity index (χ2v) is 8.27. The van der Waals surface area contributed by atoms with Crippen molar-refractivity contribution in [3.05, 3.63) is 74.5 Å². The van der Waals surface area contributed by atoms with Gasteiger partial charge < -0.3 is 19.8 Å². The molecule has 7 nitrogen and oxygen atoms in total. The number of halogens is 1. The fourth-order valence-electron chi connectivity index (χ4n) is 3.63. The van der Waals surface area contributed by atoms with Crippen molar-refractivity contribution in [1.29, 1.82) is 0 Å². The van der Waals surface area contributed by atoms with Crippen molar-refractivity contribution in [2.75, 3.05) is 19.5 Å². The Morgan fingerprint density at radius 3 is 2.68 bits per heavy atom. The van der Waals surface area contributed by atoms with Gasteiger partial charge in [0.1, 0.15) is 5.82 Å². The van der Waals surface area contributed by atoms with E-state index in [4.69, 9.17) is 21.1 Å². The maximum atomic E-state index is 13.0. The molecule has 0 radical (unpaired) electrons. The number of rotatable bonds is 6. The number of fused-ring (bicyclic) bond motifs is 1. The number of carbonyl (C=O) groups excluding carboxylic acids is 1. The number of hydrogen-bond donors (Lipinski definition) is 2. The van der Waals surface area contributed by atoms with Gasteiger partial charge in [-0.25, -0.2) is 4.98 Å². The summed E-state index contributed by atoms with van der Waals surface area (Å²) in [4.78, 5) is 32.8. The molecule has 160 valence electrons. The molecule has 4 rings (SSSR count). The number of carbonyl (C=O) groups is 1. The lowest BCUT2D eigenvalue weighted by Crippen LogP contribution is -2.31. The lowest BCUT2D eigenvalue weighted by Gasteiger charge is -2.26. The molecule has 9 heteroatoms. The number of aromatic nitrogens is 2. The van der Waals surface area contributed by atoms with Crippen LogP contribution in [0.4, 0.5) is 5.82 Å². The molecule has 0 unspecified atom stereocenters. The number of amides is 1. The van der Waals surface area contributed by atoms with Crippen molar-refractivity contribution in [2.45, 2.75) is 23.2 Å². The Hall–Kier alpha value is -2.97. The van der Waals surface area contributed by atoms with E-state index in [9.17, 15) is 9.59 Å². The lowest BCUT2D eigenvalue weighted by atomic mass is 9.86. The standard InChI is InChI=1S/C22H20ClN3O4S/c1-29-16-9-5-7-13(19(16)30-2)14-10-17(27)24-20-18(14)21(28)26-22(25-20)31-11-12-6-3-4-8-15(12)23/h3-9,14H,10-11H2,1-2H3,(H2,24,25,26,27,28)/t14-/m0/s1. The van der Waals surface area contributed by atoms with Gasteiger partial charge in [0, 0.05) is 28.7 Å². The number of ether oxygens (including phenoxy) is 2. The first kappa shape index (κ1) is 21.3. The van der Waals surface area contributed by atoms with Gasteiger partial charge >= 0.3 is 0 Å². The van der Waals surface area contributed by atoms with Gasteiger partial charge in [0.2, 0.25) is 5.91 Å². The molecule has 3 aromatic rings. The molecule has 1 amide bonds. The fraction of sp³-hybridized carbons (Fsp3) is 0.227. The third-order valence-electron chi connectivity index (χ3n) is 5.06. The van der Waals surface area contributed by atoms with Crippen LogP contribution < -0.4 is 20.3 Å². The Labute approximate surface area is 188 Å². The van der Waals surface area contributed by atoms with Gasteiger partial charge in [0.25, 0.3) is 5.56 Å². The Morgan fingerprint density at radius 1 is 1.13 bits per heavy atom. The normalized spacial score (nSPS) is 15.2. The molecule has 2 heterocycles. The van der Waals surface area contributed by atoms with Crippen molar-refractivity contribution in [2.24, 2.45) is 0 Å². The molecule has 0 bridgehead atoms. The average Bonchev–Trinajstić information content (AvgIpc) is 2.77. The van der Waals surface area contributed by atoms with Crippen molar-refractivity contribution < 1.29 is 14.3 Å². The molecule has 0 spiro atoms. The average molecular weight is 458 g/mol. The molecular weight excluding hydrogens is 438 g/mol. The van der Waals surface area contributed by atoms with E-state index in [0.717, 1.165) is 5.56 Å². The number of methoxy groups -OCH3 is 2. The third kappa shape index (κ3) is 4.26. The molecule has 1 aliphatic rings. The van der Waals surface area contributed by atoms with Crippen molar-refractivity contribution in [3.63, 3.8) is 0 Å². The number of nitrogens with one attached hydrogen (secondary N) is 2. The number of para-hydroxylation sites is 1. The second-order valence-electron chi connectivity index (χ2n) is 6.90. The summed E-state index contributed by atoms with van der Waals surface area (Å²) in [5.74, 6) is 1.09. The highest BCUT2D eigenvalue weighted by Crippen LogP contribution is 2.42. The zero-order valence-corrected chi connectivity index (χ0v) is 18.5. The molecule has 0 fully saturated rings. The summed E-state index contributed by atoms with van der Waals surface area (Å²) >= 11 is 7.55. The summed E-state index contributed by atoms with van der Waals surface area (Å²) < 4.78 is 10.9. The first-order valence-electron chi connectivity index (χ1n) is 9.53. The Kier molecular flexibility index (Phi) is 6.20. The van der Waals surface area contributed by atoms with Crippen molar-refractivity contribution in [1.82, 2.24) is 9.97 Å². The van der Waals surface area contributed by atoms with Gasteiger partial charge in [0.05, 0.1) is 19.8 Å². The minimum atomic E-state index is -0.507. The number of nitrogens with zero attached hydrogens (tertiary/aromatic N) is 1. The van der Waals surface area contributed by atoms with Crippen LogP contribution in [0.2, 0.25) is 5.02 Å². The third-order valence-corrected chi connectivity index (χ3v) is 6.35. The van der Waals surface area contributed by atoms with Gasteiger partial charge in [0.15, 0.2) is 16.7 Å². The zero-order valence-electron chi connectivity index (χ0n) is 16.9. The van der Waals surface area contributed by atoms with E-state index in [0.29, 0.717) is 38.6 Å². The van der Waals surface area contributed by atoms with Gasteiger partial charge in [-0.1, -0.05) is 53.7 Å². The van der Waals surface area contributed by atoms with E-state index in [2.05, 4.69) is 15.3 Å². The van der Waals surface area contributed by atoms with Crippen LogP contribution in [0.15, 0.2) is 52.4 Å². The van der Waals surface area contributed by atoms with E-state index in [-0.39, 0.29) is 23.7 Å². The lowest BCUT2D eigenvalue weighted by molar-refractivity contribution is -0.116. The Balaban J connectivity index is 1.71. The first-order chi connectivity index (χ1) is 15.0. The largest absolute Gasteiger partial charge is 0.493 e. The number of anilines is 1. The second kappa shape index (κ2) is 9.03. The number of benzene rings is 2. The number of thioether (sulfide) groups is 1. The molecule has 0 saturated carbocycles. The minimum absolute atomic E-state index is 0.105. The molecule has 0 aliphatic carbocycles. The highest BCUT2D eigenvalue weighted by atomic mass is 35.5. The highest BCUT2D eigenvalue weighted by Gasteiger charge is 2.33. The molecule has 2 N–H and O–H groups in total. The predicted molar refractivity (Wildman–Crippen MR) is 121 cm³/mol. The number of H-pyrrole nitrogens is 1. The molecular formula is C22H20ClN3O4S. The maximum absolute atomic E-state index is 13.0. The van der Waals surface area contributed by atoms with Crippen LogP contribution in [0.25, 0.3) is 0 Å². The molecule has 31 heavy (non-hydrogen) atoms. The van der Waals surface area contributed by atoms with Crippen molar-refractivity contribution >= 4 is 35.1 Å². The van der Waals surface area contributed by atoms with Gasteiger partial charge in [-0.2, -0.15) is 0 Å². The molecule has 1 aromatic heterocycles. The van der Waals surface area contributed by atoms with E-state index in [1.165, 1.54) is 18.9 Å². The SMILES string of the molecule is COc1cccc([C@@H]2CC(=O)Nc3nc(SCc4ccccc4Cl)[nH]c(=O)c32)c1OC. The monoisotopic (exact) mass is 457 g/mol. The first-order valence-corrected chi connectivity index (χ1v) is 10.9. The molecule has 1 aliphatic heterocycles. The quantitative estimate of drug-likeness (QED) is 0.425. The summed E-state index contributed by atoms with van der Waals surface area (Å²) in [7, 11) is 3.07. The summed E-state index contributed by atoms with van der Waals surface area (Å²) in [5, 5.41) is 3.79.